The number of fused-ring (bicyclic) bond motifs is 1. The average molecular weight is 340 g/mol. The summed E-state index contributed by atoms with van der Waals surface area (Å²) in [6, 6.07) is 2.51. The monoisotopic (exact) mass is 339 g/mol. The van der Waals surface area contributed by atoms with Gasteiger partial charge in [-0.05, 0) is 31.0 Å². The van der Waals surface area contributed by atoms with Crippen molar-refractivity contribution >= 4 is 26.9 Å². The van der Waals surface area contributed by atoms with Crippen LogP contribution in [0.4, 0.5) is 0 Å². The second-order valence-electron chi connectivity index (χ2n) is 5.48. The lowest BCUT2D eigenvalue weighted by atomic mass is 10.0. The van der Waals surface area contributed by atoms with Crippen LogP contribution >= 0.6 is 15.9 Å². The first kappa shape index (κ1) is 15.5. The Morgan fingerprint density at radius 3 is 2.65 bits per heavy atom. The molecule has 2 rings (SSSR count). The zero-order valence-corrected chi connectivity index (χ0v) is 14.3. The van der Waals surface area contributed by atoms with Crippen molar-refractivity contribution < 1.29 is 9.15 Å². The highest BCUT2D eigenvalue weighted by molar-refractivity contribution is 9.10. The van der Waals surface area contributed by atoms with Gasteiger partial charge in [0, 0.05) is 28.6 Å². The van der Waals surface area contributed by atoms with Gasteiger partial charge in [-0.3, -0.25) is 0 Å². The van der Waals surface area contributed by atoms with Crippen molar-refractivity contribution in [3.05, 3.63) is 33.0 Å². The van der Waals surface area contributed by atoms with E-state index in [9.17, 15) is 0 Å². The third-order valence-electron chi connectivity index (χ3n) is 3.48. The fraction of sp³-hybridized carbons (Fsp3) is 0.500. The molecule has 0 atom stereocenters. The van der Waals surface area contributed by atoms with Crippen molar-refractivity contribution in [1.29, 1.82) is 0 Å². The molecule has 0 unspecified atom stereocenters. The molecule has 3 nitrogen and oxygen atoms in total. The summed E-state index contributed by atoms with van der Waals surface area (Å²) >= 11 is 3.66. The molecule has 1 aromatic carbocycles. The molecule has 0 aliphatic carbocycles. The van der Waals surface area contributed by atoms with Gasteiger partial charge in [-0.25, -0.2) is 0 Å². The molecule has 0 amide bonds. The van der Waals surface area contributed by atoms with E-state index >= 15 is 0 Å². The predicted octanol–water partition coefficient (Wildman–Crippen LogP) is 4.46. The normalized spacial score (nSPS) is 11.8. The van der Waals surface area contributed by atoms with Gasteiger partial charge in [0.1, 0.15) is 11.3 Å². The summed E-state index contributed by atoms with van der Waals surface area (Å²) in [5, 5.41) is 4.58. The molecular weight excluding hydrogens is 318 g/mol. The van der Waals surface area contributed by atoms with Crippen LogP contribution in [0.3, 0.4) is 0 Å². The minimum atomic E-state index is 0.424. The minimum Gasteiger partial charge on any atom is -0.459 e. The molecule has 0 saturated heterocycles. The Morgan fingerprint density at radius 2 is 2.05 bits per heavy atom. The van der Waals surface area contributed by atoms with Gasteiger partial charge in [0.25, 0.3) is 0 Å². The number of hydrogen-bond donors (Lipinski definition) is 1. The van der Waals surface area contributed by atoms with E-state index in [0.717, 1.165) is 27.9 Å². The molecule has 1 N–H and O–H groups in total. The number of methoxy groups -OCH3 is 1. The van der Waals surface area contributed by atoms with Gasteiger partial charge in [-0.1, -0.05) is 29.8 Å². The molecule has 0 aliphatic heterocycles. The van der Waals surface area contributed by atoms with Crippen molar-refractivity contribution in [3.8, 4) is 0 Å². The first-order valence-electron chi connectivity index (χ1n) is 6.88. The van der Waals surface area contributed by atoms with Crippen LogP contribution < -0.4 is 5.32 Å². The lowest BCUT2D eigenvalue weighted by molar-refractivity contribution is 0.183. The number of ether oxygens (including phenoxy) is 1. The quantitative estimate of drug-likeness (QED) is 0.873. The number of aryl methyl sites for hydroxylation is 2. The Morgan fingerprint density at radius 1 is 1.35 bits per heavy atom. The zero-order valence-electron chi connectivity index (χ0n) is 12.8. The molecule has 1 heterocycles. The van der Waals surface area contributed by atoms with Crippen LogP contribution in [0.5, 0.6) is 0 Å². The van der Waals surface area contributed by atoms with Crippen LogP contribution in [0.15, 0.2) is 15.0 Å². The third-order valence-corrected chi connectivity index (χ3v) is 4.70. The Labute approximate surface area is 128 Å². The summed E-state index contributed by atoms with van der Waals surface area (Å²) in [4.78, 5) is 0. The van der Waals surface area contributed by atoms with Crippen molar-refractivity contribution in [2.45, 2.75) is 46.9 Å². The van der Waals surface area contributed by atoms with Crippen LogP contribution in [0.2, 0.25) is 0 Å². The van der Waals surface area contributed by atoms with Crippen molar-refractivity contribution in [1.82, 2.24) is 5.32 Å². The molecule has 0 fully saturated rings. The molecule has 0 saturated carbocycles. The smallest absolute Gasteiger partial charge is 0.135 e. The van der Waals surface area contributed by atoms with Gasteiger partial charge in [0.2, 0.25) is 0 Å². The predicted molar refractivity (Wildman–Crippen MR) is 86.1 cm³/mol. The Kier molecular flexibility index (Phi) is 4.89. The van der Waals surface area contributed by atoms with Crippen LogP contribution in [0.25, 0.3) is 11.0 Å². The maximum atomic E-state index is 6.06. The summed E-state index contributed by atoms with van der Waals surface area (Å²) in [6.07, 6.45) is 0. The molecule has 2 aromatic rings. The summed E-state index contributed by atoms with van der Waals surface area (Å²) in [5.41, 5.74) is 4.49. The summed E-state index contributed by atoms with van der Waals surface area (Å²) in [7, 11) is 1.72. The largest absolute Gasteiger partial charge is 0.459 e. The number of rotatable bonds is 5. The topological polar surface area (TPSA) is 34.4 Å². The van der Waals surface area contributed by atoms with Gasteiger partial charge in [0.15, 0.2) is 0 Å². The van der Waals surface area contributed by atoms with Crippen molar-refractivity contribution in [2.24, 2.45) is 0 Å². The minimum absolute atomic E-state index is 0.424. The SMILES string of the molecule is COCc1c(CNC(C)C)oc2cc(C)c(Br)c(C)c12. The van der Waals surface area contributed by atoms with Crippen LogP contribution in [0.1, 0.15) is 36.3 Å². The third kappa shape index (κ3) is 2.92. The number of halogens is 1. The Balaban J connectivity index is 2.57. The summed E-state index contributed by atoms with van der Waals surface area (Å²) in [5.74, 6) is 0.969. The van der Waals surface area contributed by atoms with E-state index in [1.165, 1.54) is 16.5 Å². The van der Waals surface area contributed by atoms with Crippen LogP contribution in [-0.2, 0) is 17.9 Å². The molecule has 0 spiro atoms. The van der Waals surface area contributed by atoms with E-state index in [1.807, 2.05) is 0 Å². The highest BCUT2D eigenvalue weighted by Crippen LogP contribution is 2.35. The molecule has 0 radical (unpaired) electrons. The Bertz CT molecular complexity index is 617. The van der Waals surface area contributed by atoms with E-state index in [2.05, 4.69) is 55.0 Å². The van der Waals surface area contributed by atoms with Crippen LogP contribution in [-0.4, -0.2) is 13.2 Å². The van der Waals surface area contributed by atoms with Gasteiger partial charge < -0.3 is 14.5 Å². The van der Waals surface area contributed by atoms with E-state index < -0.39 is 0 Å². The maximum Gasteiger partial charge on any atom is 0.135 e. The molecule has 110 valence electrons. The average Bonchev–Trinajstić information content (AvgIpc) is 2.72. The molecule has 0 bridgehead atoms. The van der Waals surface area contributed by atoms with E-state index in [-0.39, 0.29) is 0 Å². The van der Waals surface area contributed by atoms with E-state index in [1.54, 1.807) is 7.11 Å². The fourth-order valence-electron chi connectivity index (χ4n) is 2.45. The standard InChI is InChI=1S/C16H22BrNO2/c1-9(2)18-7-14-12(8-19-5)15-11(4)16(17)10(3)6-13(15)20-14/h6,9,18H,7-8H2,1-5H3. The van der Waals surface area contributed by atoms with E-state index in [4.69, 9.17) is 9.15 Å². The highest BCUT2D eigenvalue weighted by atomic mass is 79.9. The maximum absolute atomic E-state index is 6.06. The first-order chi connectivity index (χ1) is 9.45. The van der Waals surface area contributed by atoms with Crippen molar-refractivity contribution in [2.75, 3.05) is 7.11 Å². The van der Waals surface area contributed by atoms with Gasteiger partial charge in [-0.15, -0.1) is 0 Å². The molecular formula is C16H22BrNO2. The first-order valence-corrected chi connectivity index (χ1v) is 7.67. The van der Waals surface area contributed by atoms with Crippen LogP contribution in [0, 0.1) is 13.8 Å². The fourth-order valence-corrected chi connectivity index (χ4v) is 2.76. The van der Waals surface area contributed by atoms with Gasteiger partial charge >= 0.3 is 0 Å². The zero-order chi connectivity index (χ0) is 14.9. The highest BCUT2D eigenvalue weighted by Gasteiger charge is 2.18. The lowest BCUT2D eigenvalue weighted by Crippen LogP contribution is -2.22. The second-order valence-corrected chi connectivity index (χ2v) is 6.27. The summed E-state index contributed by atoms with van der Waals surface area (Å²) in [6.45, 7) is 9.75. The second kappa shape index (κ2) is 6.29. The van der Waals surface area contributed by atoms with E-state index in [0.29, 0.717) is 12.6 Å². The lowest BCUT2D eigenvalue weighted by Gasteiger charge is -2.08. The number of furan rings is 1. The number of hydrogen-bond acceptors (Lipinski definition) is 3. The van der Waals surface area contributed by atoms with Crippen molar-refractivity contribution in [3.63, 3.8) is 0 Å². The molecule has 20 heavy (non-hydrogen) atoms. The van der Waals surface area contributed by atoms with Gasteiger partial charge in [-0.2, -0.15) is 0 Å². The molecule has 1 aromatic heterocycles. The number of benzene rings is 1. The number of nitrogens with one attached hydrogen (secondary N) is 1. The molecule has 4 heteroatoms. The molecule has 0 aliphatic rings. The summed E-state index contributed by atoms with van der Waals surface area (Å²) < 4.78 is 12.6. The Hall–Kier alpha value is -0.840. The van der Waals surface area contributed by atoms with Gasteiger partial charge in [0.05, 0.1) is 13.2 Å².